The highest BCUT2D eigenvalue weighted by Crippen LogP contribution is 2.36. The van der Waals surface area contributed by atoms with Crippen molar-refractivity contribution in [1.29, 1.82) is 5.26 Å². The summed E-state index contributed by atoms with van der Waals surface area (Å²) in [5, 5.41) is 14.5. The van der Waals surface area contributed by atoms with Crippen molar-refractivity contribution in [3.63, 3.8) is 0 Å². The number of aromatic nitrogens is 5. The summed E-state index contributed by atoms with van der Waals surface area (Å²) in [7, 11) is 0. The lowest BCUT2D eigenvalue weighted by Gasteiger charge is -2.21. The van der Waals surface area contributed by atoms with Crippen LogP contribution in [-0.4, -0.2) is 24.7 Å². The maximum atomic E-state index is 11.8. The van der Waals surface area contributed by atoms with Gasteiger partial charge in [-0.2, -0.15) is 15.3 Å². The van der Waals surface area contributed by atoms with Crippen molar-refractivity contribution in [2.45, 2.75) is 38.1 Å². The summed E-state index contributed by atoms with van der Waals surface area (Å²) in [6, 6.07) is 4.28. The van der Waals surface area contributed by atoms with Crippen LogP contribution in [0, 0.1) is 17.2 Å². The van der Waals surface area contributed by atoms with E-state index in [2.05, 4.69) is 26.1 Å². The van der Waals surface area contributed by atoms with Gasteiger partial charge in [-0.1, -0.05) is 12.8 Å². The molecular weight excluding hydrogens is 304 g/mol. The van der Waals surface area contributed by atoms with Crippen molar-refractivity contribution < 1.29 is 0 Å². The van der Waals surface area contributed by atoms with Crippen LogP contribution < -0.4 is 5.69 Å². The highest BCUT2D eigenvalue weighted by atomic mass is 16.1. The number of nitriles is 1. The topological polar surface area (TPSA) is 103 Å². The smallest absolute Gasteiger partial charge is 0.346 e. The molecule has 4 rings (SSSR count). The monoisotopic (exact) mass is 322 g/mol. The molecule has 7 nitrogen and oxygen atoms in total. The van der Waals surface area contributed by atoms with E-state index in [-0.39, 0.29) is 6.04 Å². The normalized spacial score (nSPS) is 16.5. The number of aromatic amines is 2. The number of nitrogens with zero attached hydrogens (tertiary/aromatic N) is 4. The lowest BCUT2D eigenvalue weighted by molar-refractivity contribution is 0.315. The van der Waals surface area contributed by atoms with Gasteiger partial charge in [0.2, 0.25) is 0 Å². The van der Waals surface area contributed by atoms with Crippen LogP contribution in [0.25, 0.3) is 22.3 Å². The molecule has 0 aromatic carbocycles. The molecule has 0 spiro atoms. The first-order chi connectivity index (χ1) is 11.8. The van der Waals surface area contributed by atoms with E-state index in [1.54, 1.807) is 12.4 Å². The van der Waals surface area contributed by atoms with Crippen LogP contribution in [0.5, 0.6) is 0 Å². The van der Waals surface area contributed by atoms with E-state index in [0.717, 1.165) is 23.8 Å². The summed E-state index contributed by atoms with van der Waals surface area (Å²) < 4.78 is 1.89. The van der Waals surface area contributed by atoms with Gasteiger partial charge in [-0.3, -0.25) is 4.68 Å². The molecular formula is C17H18N6O. The lowest BCUT2D eigenvalue weighted by Crippen LogP contribution is -2.17. The SMILES string of the molecule is N#CCC(C1CCCC1)n1cc(-c2[nH]c(=O)nc3[nH]ccc23)cn1. The number of hydrogen-bond donors (Lipinski definition) is 2. The molecule has 0 bridgehead atoms. The minimum absolute atomic E-state index is 0.0986. The average Bonchev–Trinajstić information content (AvgIpc) is 3.31. The van der Waals surface area contributed by atoms with Gasteiger partial charge in [0.25, 0.3) is 0 Å². The van der Waals surface area contributed by atoms with Gasteiger partial charge in [-0.25, -0.2) is 4.79 Å². The van der Waals surface area contributed by atoms with Gasteiger partial charge in [-0.05, 0) is 24.8 Å². The molecule has 0 saturated heterocycles. The molecule has 0 aliphatic heterocycles. The van der Waals surface area contributed by atoms with E-state index in [1.807, 2.05) is 16.9 Å². The molecule has 0 radical (unpaired) electrons. The maximum Gasteiger partial charge on any atom is 0.347 e. The molecule has 1 aliphatic carbocycles. The van der Waals surface area contributed by atoms with Gasteiger partial charge < -0.3 is 9.97 Å². The van der Waals surface area contributed by atoms with Crippen molar-refractivity contribution in [2.24, 2.45) is 5.92 Å². The summed E-state index contributed by atoms with van der Waals surface area (Å²) in [6.45, 7) is 0. The number of rotatable bonds is 4. The van der Waals surface area contributed by atoms with Gasteiger partial charge in [0.05, 0.1) is 30.4 Å². The summed E-state index contributed by atoms with van der Waals surface area (Å²) in [6.07, 6.45) is 10.6. The van der Waals surface area contributed by atoms with Crippen LogP contribution in [0.4, 0.5) is 0 Å². The minimum Gasteiger partial charge on any atom is -0.346 e. The van der Waals surface area contributed by atoms with Crippen LogP contribution in [0.3, 0.4) is 0 Å². The van der Waals surface area contributed by atoms with E-state index >= 15 is 0 Å². The summed E-state index contributed by atoms with van der Waals surface area (Å²) >= 11 is 0. The zero-order valence-electron chi connectivity index (χ0n) is 13.2. The standard InChI is InChI=1S/C17H18N6O/c18-7-5-14(11-3-1-2-4-11)23-10-12(9-20-23)15-13-6-8-19-16(13)22-17(24)21-15/h6,8-11,14H,1-5H2,(H2,19,21,22,24). The van der Waals surface area contributed by atoms with Crippen molar-refractivity contribution in [3.05, 3.63) is 35.1 Å². The number of hydrogen-bond acceptors (Lipinski definition) is 4. The molecule has 2 N–H and O–H groups in total. The minimum atomic E-state index is -0.392. The molecule has 1 atom stereocenters. The highest BCUT2D eigenvalue weighted by Gasteiger charge is 2.27. The second-order valence-corrected chi connectivity index (χ2v) is 6.34. The van der Waals surface area contributed by atoms with Crippen LogP contribution in [0.2, 0.25) is 0 Å². The molecule has 3 heterocycles. The van der Waals surface area contributed by atoms with Crippen LogP contribution in [0.1, 0.15) is 38.1 Å². The van der Waals surface area contributed by atoms with Gasteiger partial charge in [0, 0.05) is 23.3 Å². The first-order valence-electron chi connectivity index (χ1n) is 8.25. The molecule has 3 aromatic rings. The third-order valence-electron chi connectivity index (χ3n) is 4.91. The third-order valence-corrected chi connectivity index (χ3v) is 4.91. The summed E-state index contributed by atoms with van der Waals surface area (Å²) in [5.41, 5.74) is 1.71. The second-order valence-electron chi connectivity index (χ2n) is 6.34. The Bertz CT molecular complexity index is 953. The number of fused-ring (bicyclic) bond motifs is 1. The van der Waals surface area contributed by atoms with Gasteiger partial charge in [-0.15, -0.1) is 0 Å². The molecule has 1 saturated carbocycles. The van der Waals surface area contributed by atoms with Gasteiger partial charge >= 0.3 is 5.69 Å². The lowest BCUT2D eigenvalue weighted by atomic mass is 9.96. The Morgan fingerprint density at radius 2 is 2.25 bits per heavy atom. The van der Waals surface area contributed by atoms with Crippen molar-refractivity contribution in [3.8, 4) is 17.3 Å². The molecule has 1 aliphatic rings. The largest absolute Gasteiger partial charge is 0.347 e. The fourth-order valence-corrected chi connectivity index (χ4v) is 3.75. The molecule has 1 fully saturated rings. The molecule has 1 unspecified atom stereocenters. The second kappa shape index (κ2) is 5.96. The third kappa shape index (κ3) is 2.50. The molecule has 24 heavy (non-hydrogen) atoms. The zero-order valence-corrected chi connectivity index (χ0v) is 13.2. The Balaban J connectivity index is 1.74. The van der Waals surface area contributed by atoms with E-state index in [0.29, 0.717) is 23.7 Å². The Kier molecular flexibility index (Phi) is 3.65. The van der Waals surface area contributed by atoms with E-state index in [1.165, 1.54) is 12.8 Å². The molecule has 3 aromatic heterocycles. The van der Waals surface area contributed by atoms with Crippen molar-refractivity contribution in [2.75, 3.05) is 0 Å². The highest BCUT2D eigenvalue weighted by molar-refractivity contribution is 5.89. The predicted molar refractivity (Wildman–Crippen MR) is 89.2 cm³/mol. The Morgan fingerprint density at radius 3 is 3.04 bits per heavy atom. The van der Waals surface area contributed by atoms with Crippen molar-refractivity contribution in [1.82, 2.24) is 24.7 Å². The molecule has 7 heteroatoms. The van der Waals surface area contributed by atoms with Crippen LogP contribution in [-0.2, 0) is 0 Å². The van der Waals surface area contributed by atoms with Crippen molar-refractivity contribution >= 4 is 11.0 Å². The maximum absolute atomic E-state index is 11.8. The number of nitrogens with one attached hydrogen (secondary N) is 2. The summed E-state index contributed by atoms with van der Waals surface area (Å²) in [5.74, 6) is 0.501. The Hall–Kier alpha value is -2.88. The summed E-state index contributed by atoms with van der Waals surface area (Å²) in [4.78, 5) is 21.5. The van der Waals surface area contributed by atoms with E-state index in [9.17, 15) is 10.1 Å². The average molecular weight is 322 g/mol. The number of H-pyrrole nitrogens is 2. The molecule has 122 valence electrons. The van der Waals surface area contributed by atoms with Crippen LogP contribution >= 0.6 is 0 Å². The fraction of sp³-hybridized carbons (Fsp3) is 0.412. The van der Waals surface area contributed by atoms with Gasteiger partial charge in [0.15, 0.2) is 0 Å². The molecule has 0 amide bonds. The van der Waals surface area contributed by atoms with Crippen LogP contribution in [0.15, 0.2) is 29.5 Å². The predicted octanol–water partition coefficient (Wildman–Crippen LogP) is 2.76. The van der Waals surface area contributed by atoms with Gasteiger partial charge in [0.1, 0.15) is 5.65 Å². The van der Waals surface area contributed by atoms with E-state index < -0.39 is 5.69 Å². The quantitative estimate of drug-likeness (QED) is 0.770. The Morgan fingerprint density at radius 1 is 1.42 bits per heavy atom. The Labute approximate surface area is 138 Å². The first-order valence-corrected chi connectivity index (χ1v) is 8.25. The van der Waals surface area contributed by atoms with E-state index in [4.69, 9.17) is 0 Å². The first kappa shape index (κ1) is 14.7. The fourth-order valence-electron chi connectivity index (χ4n) is 3.75. The zero-order chi connectivity index (χ0) is 16.5.